The summed E-state index contributed by atoms with van der Waals surface area (Å²) < 4.78 is 29.1. The fourth-order valence-electron chi connectivity index (χ4n) is 3.10. The van der Waals surface area contributed by atoms with Crippen molar-refractivity contribution in [2.45, 2.75) is 0 Å². The molecule has 0 aliphatic carbocycles. The summed E-state index contributed by atoms with van der Waals surface area (Å²) in [5.74, 6) is 0.639. The highest BCUT2D eigenvalue weighted by atomic mass is 35.5. The summed E-state index contributed by atoms with van der Waals surface area (Å²) in [5.41, 5.74) is 2.23. The Morgan fingerprint density at radius 2 is 1.94 bits per heavy atom. The Hall–Kier alpha value is -4.51. The number of fused-ring (bicyclic) bond motifs is 1. The first kappa shape index (κ1) is 21.3. The number of aromatic nitrogens is 4. The van der Waals surface area contributed by atoms with E-state index in [0.717, 1.165) is 0 Å². The number of halogens is 2. The van der Waals surface area contributed by atoms with Crippen molar-refractivity contribution in [3.63, 3.8) is 0 Å². The molecule has 0 saturated heterocycles. The van der Waals surface area contributed by atoms with Crippen LogP contribution in [0.4, 0.5) is 16.1 Å². The maximum Gasteiger partial charge on any atom is 0.405 e. The van der Waals surface area contributed by atoms with Gasteiger partial charge in [-0.3, -0.25) is 9.78 Å². The van der Waals surface area contributed by atoms with Crippen LogP contribution in [0, 0.1) is 6.14 Å². The second-order valence-electron chi connectivity index (χ2n) is 6.90. The standard InChI is InChI=1S/C22H14ClFN6O4/c1-25-20(31)17-10-13(6-7-26-17)32-12-3-5-18-16(9-12)28-22(33-18)27-11-2-4-15(23)14(8-11)19-29-21(24)34-30-19/h2-10H,1H3,(H,25,31)(H,27,28). The third kappa shape index (κ3) is 4.36. The summed E-state index contributed by atoms with van der Waals surface area (Å²) in [7, 11) is 1.53. The van der Waals surface area contributed by atoms with Crippen LogP contribution in [0.3, 0.4) is 0 Å². The van der Waals surface area contributed by atoms with Gasteiger partial charge in [-0.15, -0.1) is 4.39 Å². The highest BCUT2D eigenvalue weighted by Crippen LogP contribution is 2.32. The molecule has 0 atom stereocenters. The number of hydrogen-bond donors (Lipinski definition) is 2. The van der Waals surface area contributed by atoms with Crippen molar-refractivity contribution in [1.29, 1.82) is 0 Å². The van der Waals surface area contributed by atoms with Gasteiger partial charge in [-0.05, 0) is 36.4 Å². The minimum absolute atomic E-state index is 0.0150. The van der Waals surface area contributed by atoms with Gasteiger partial charge >= 0.3 is 6.14 Å². The van der Waals surface area contributed by atoms with Gasteiger partial charge < -0.3 is 24.3 Å². The summed E-state index contributed by atoms with van der Waals surface area (Å²) in [4.78, 5) is 23.8. The van der Waals surface area contributed by atoms with Crippen molar-refractivity contribution in [3.05, 3.63) is 71.6 Å². The molecule has 34 heavy (non-hydrogen) atoms. The molecule has 5 aromatic rings. The lowest BCUT2D eigenvalue weighted by molar-refractivity contribution is 0.0958. The molecule has 3 aromatic heterocycles. The van der Waals surface area contributed by atoms with Gasteiger partial charge in [0.25, 0.3) is 11.9 Å². The van der Waals surface area contributed by atoms with Gasteiger partial charge in [-0.2, -0.15) is 9.97 Å². The van der Waals surface area contributed by atoms with E-state index in [1.165, 1.54) is 19.3 Å². The largest absolute Gasteiger partial charge is 0.457 e. The number of benzene rings is 2. The Morgan fingerprint density at radius 1 is 1.09 bits per heavy atom. The predicted octanol–water partition coefficient (Wildman–Crippen LogP) is 4.96. The second kappa shape index (κ2) is 8.79. The topological polar surface area (TPSA) is 128 Å². The maximum atomic E-state index is 13.1. The van der Waals surface area contributed by atoms with E-state index in [9.17, 15) is 9.18 Å². The van der Waals surface area contributed by atoms with Crippen LogP contribution in [0.2, 0.25) is 5.02 Å². The molecule has 0 radical (unpaired) electrons. The molecule has 0 aliphatic rings. The maximum absolute atomic E-state index is 13.1. The highest BCUT2D eigenvalue weighted by Gasteiger charge is 2.14. The Balaban J connectivity index is 1.37. The molecule has 3 heterocycles. The first-order valence-electron chi connectivity index (χ1n) is 9.81. The van der Waals surface area contributed by atoms with E-state index >= 15 is 0 Å². The van der Waals surface area contributed by atoms with E-state index in [0.29, 0.717) is 38.9 Å². The van der Waals surface area contributed by atoms with Gasteiger partial charge in [0.2, 0.25) is 5.82 Å². The molecule has 0 unspecified atom stereocenters. The molecule has 10 nitrogen and oxygen atoms in total. The quantitative estimate of drug-likeness (QED) is 0.346. The number of nitrogens with zero attached hydrogens (tertiary/aromatic N) is 4. The average molecular weight is 481 g/mol. The van der Waals surface area contributed by atoms with Crippen molar-refractivity contribution in [2.75, 3.05) is 12.4 Å². The summed E-state index contributed by atoms with van der Waals surface area (Å²) in [6, 6.07) is 13.4. The van der Waals surface area contributed by atoms with Crippen LogP contribution in [0.1, 0.15) is 10.5 Å². The van der Waals surface area contributed by atoms with Crippen LogP contribution in [0.25, 0.3) is 22.5 Å². The molecular formula is C22H14ClFN6O4. The monoisotopic (exact) mass is 480 g/mol. The van der Waals surface area contributed by atoms with E-state index in [1.807, 2.05) is 0 Å². The van der Waals surface area contributed by atoms with E-state index in [2.05, 4.69) is 35.3 Å². The first-order chi connectivity index (χ1) is 16.5. The van der Waals surface area contributed by atoms with E-state index < -0.39 is 6.14 Å². The number of hydrogen-bond acceptors (Lipinski definition) is 9. The minimum atomic E-state index is -1.06. The number of amides is 1. The number of rotatable bonds is 6. The van der Waals surface area contributed by atoms with Crippen LogP contribution >= 0.6 is 11.6 Å². The Kier molecular flexibility index (Phi) is 5.52. The highest BCUT2D eigenvalue weighted by molar-refractivity contribution is 6.33. The summed E-state index contributed by atoms with van der Waals surface area (Å²) >= 11 is 6.18. The molecule has 2 N–H and O–H groups in total. The SMILES string of the molecule is CNC(=O)c1cc(Oc2ccc3oc(Nc4ccc(Cl)c(-c5noc(F)n5)c4)nc3c2)ccn1. The second-order valence-corrected chi connectivity index (χ2v) is 7.30. The summed E-state index contributed by atoms with van der Waals surface area (Å²) in [6.45, 7) is 0. The average Bonchev–Trinajstić information content (AvgIpc) is 3.45. The summed E-state index contributed by atoms with van der Waals surface area (Å²) in [6.07, 6.45) is 0.429. The summed E-state index contributed by atoms with van der Waals surface area (Å²) in [5, 5.41) is 9.40. The molecule has 0 spiro atoms. The molecule has 0 fully saturated rings. The Labute approximate surface area is 195 Å². The van der Waals surface area contributed by atoms with Gasteiger partial charge in [0.05, 0.1) is 5.02 Å². The number of carbonyl (C=O) groups excluding carboxylic acids is 1. The third-order valence-corrected chi connectivity index (χ3v) is 4.98. The van der Waals surface area contributed by atoms with Crippen LogP contribution < -0.4 is 15.4 Å². The van der Waals surface area contributed by atoms with Crippen molar-refractivity contribution in [3.8, 4) is 22.9 Å². The molecule has 170 valence electrons. The van der Waals surface area contributed by atoms with Crippen LogP contribution in [0.15, 0.2) is 63.7 Å². The number of oxazole rings is 1. The van der Waals surface area contributed by atoms with Crippen molar-refractivity contribution < 1.29 is 22.9 Å². The number of carbonyl (C=O) groups is 1. The molecule has 0 aliphatic heterocycles. The van der Waals surface area contributed by atoms with Gasteiger partial charge in [0.1, 0.15) is 22.7 Å². The van der Waals surface area contributed by atoms with Crippen LogP contribution in [-0.4, -0.2) is 33.1 Å². The first-order valence-corrected chi connectivity index (χ1v) is 10.2. The molecule has 12 heteroatoms. The molecule has 2 aromatic carbocycles. The van der Waals surface area contributed by atoms with Crippen LogP contribution in [0.5, 0.6) is 11.5 Å². The molecule has 0 saturated carbocycles. The third-order valence-electron chi connectivity index (χ3n) is 4.65. The number of pyridine rings is 1. The molecule has 1 amide bonds. The fourth-order valence-corrected chi connectivity index (χ4v) is 3.30. The Bertz CT molecular complexity index is 1520. The zero-order chi connectivity index (χ0) is 23.7. The molecular weight excluding hydrogens is 467 g/mol. The normalized spacial score (nSPS) is 10.9. The van der Waals surface area contributed by atoms with Gasteiger partial charge in [-0.25, -0.2) is 0 Å². The number of anilines is 2. The zero-order valence-electron chi connectivity index (χ0n) is 17.4. The fraction of sp³-hybridized carbons (Fsp3) is 0.0455. The Morgan fingerprint density at radius 3 is 2.74 bits per heavy atom. The lowest BCUT2D eigenvalue weighted by Crippen LogP contribution is -2.18. The van der Waals surface area contributed by atoms with Crippen molar-refractivity contribution >= 4 is 40.3 Å². The molecule has 5 rings (SSSR count). The lowest BCUT2D eigenvalue weighted by Gasteiger charge is -2.06. The smallest absolute Gasteiger partial charge is 0.405 e. The van der Waals surface area contributed by atoms with E-state index in [-0.39, 0.29) is 23.4 Å². The van der Waals surface area contributed by atoms with Gasteiger partial charge in [0, 0.05) is 36.6 Å². The zero-order valence-corrected chi connectivity index (χ0v) is 18.1. The van der Waals surface area contributed by atoms with Crippen LogP contribution in [-0.2, 0) is 0 Å². The van der Waals surface area contributed by atoms with E-state index in [1.54, 1.807) is 42.5 Å². The number of ether oxygens (including phenoxy) is 1. The van der Waals surface area contributed by atoms with Crippen molar-refractivity contribution in [1.82, 2.24) is 25.4 Å². The van der Waals surface area contributed by atoms with Gasteiger partial charge in [-0.1, -0.05) is 16.8 Å². The lowest BCUT2D eigenvalue weighted by atomic mass is 10.2. The minimum Gasteiger partial charge on any atom is -0.457 e. The number of nitrogens with one attached hydrogen (secondary N) is 2. The van der Waals surface area contributed by atoms with Gasteiger partial charge in [0.15, 0.2) is 5.58 Å². The van der Waals surface area contributed by atoms with E-state index in [4.69, 9.17) is 20.8 Å². The molecule has 0 bridgehead atoms. The predicted molar refractivity (Wildman–Crippen MR) is 120 cm³/mol. The van der Waals surface area contributed by atoms with Crippen molar-refractivity contribution in [2.24, 2.45) is 0 Å².